The van der Waals surface area contributed by atoms with Gasteiger partial charge >= 0.3 is 0 Å². The summed E-state index contributed by atoms with van der Waals surface area (Å²) in [4.78, 5) is 11.6. The number of nitrogens with one attached hydrogen (secondary N) is 1. The van der Waals surface area contributed by atoms with Gasteiger partial charge in [-0.05, 0) is 25.0 Å². The second-order valence-electron chi connectivity index (χ2n) is 4.05. The van der Waals surface area contributed by atoms with Crippen LogP contribution < -0.4 is 5.32 Å². The summed E-state index contributed by atoms with van der Waals surface area (Å²) < 4.78 is 23.4. The van der Waals surface area contributed by atoms with Gasteiger partial charge in [0, 0.05) is 20.3 Å². The van der Waals surface area contributed by atoms with Gasteiger partial charge in [0.05, 0.1) is 18.8 Å². The van der Waals surface area contributed by atoms with Crippen molar-refractivity contribution in [2.24, 2.45) is 0 Å². The topological polar surface area (TPSA) is 47.6 Å². The summed E-state index contributed by atoms with van der Waals surface area (Å²) in [6.07, 6.45) is 1.65. The van der Waals surface area contributed by atoms with E-state index in [4.69, 9.17) is 9.47 Å². The number of halogens is 1. The number of ether oxygens (including phenoxy) is 2. The SMILES string of the molecule is COCCOCCCCNC(=O)c1ccccc1F. The van der Waals surface area contributed by atoms with Crippen LogP contribution in [0, 0.1) is 5.82 Å². The van der Waals surface area contributed by atoms with Crippen molar-refractivity contribution in [3.05, 3.63) is 35.6 Å². The maximum atomic E-state index is 13.3. The predicted octanol–water partition coefficient (Wildman–Crippen LogP) is 2.00. The molecule has 1 aromatic rings. The summed E-state index contributed by atoms with van der Waals surface area (Å²) in [6, 6.07) is 5.95. The van der Waals surface area contributed by atoms with Crippen molar-refractivity contribution in [3.63, 3.8) is 0 Å². The Balaban J connectivity index is 2.10. The lowest BCUT2D eigenvalue weighted by molar-refractivity contribution is 0.0686. The van der Waals surface area contributed by atoms with Crippen molar-refractivity contribution < 1.29 is 18.7 Å². The number of unbranched alkanes of at least 4 members (excludes halogenated alkanes) is 1. The van der Waals surface area contributed by atoms with Gasteiger partial charge in [-0.2, -0.15) is 0 Å². The van der Waals surface area contributed by atoms with E-state index < -0.39 is 5.82 Å². The van der Waals surface area contributed by atoms with E-state index in [-0.39, 0.29) is 11.5 Å². The van der Waals surface area contributed by atoms with Crippen molar-refractivity contribution in [2.75, 3.05) is 33.5 Å². The molecule has 0 radical (unpaired) electrons. The first-order chi connectivity index (χ1) is 9.25. The lowest BCUT2D eigenvalue weighted by Gasteiger charge is -2.06. The molecule has 0 bridgehead atoms. The molecule has 1 rings (SSSR count). The summed E-state index contributed by atoms with van der Waals surface area (Å²) in [7, 11) is 1.63. The van der Waals surface area contributed by atoms with Gasteiger partial charge in [0.1, 0.15) is 5.82 Å². The number of benzene rings is 1. The third kappa shape index (κ3) is 6.31. The maximum absolute atomic E-state index is 13.3. The molecule has 4 nitrogen and oxygen atoms in total. The summed E-state index contributed by atoms with van der Waals surface area (Å²) >= 11 is 0. The summed E-state index contributed by atoms with van der Waals surface area (Å²) in [6.45, 7) is 2.32. The zero-order valence-electron chi connectivity index (χ0n) is 11.2. The van der Waals surface area contributed by atoms with Gasteiger partial charge in [-0.15, -0.1) is 0 Å². The van der Waals surface area contributed by atoms with Crippen molar-refractivity contribution in [1.82, 2.24) is 5.32 Å². The molecule has 0 heterocycles. The van der Waals surface area contributed by atoms with Gasteiger partial charge in [-0.25, -0.2) is 4.39 Å². The zero-order valence-corrected chi connectivity index (χ0v) is 11.2. The van der Waals surface area contributed by atoms with Crippen molar-refractivity contribution in [1.29, 1.82) is 0 Å². The van der Waals surface area contributed by atoms with Crippen LogP contribution in [0.3, 0.4) is 0 Å². The van der Waals surface area contributed by atoms with E-state index in [0.29, 0.717) is 26.4 Å². The molecule has 0 aliphatic heterocycles. The van der Waals surface area contributed by atoms with Crippen LogP contribution in [0.25, 0.3) is 0 Å². The fourth-order valence-electron chi connectivity index (χ4n) is 1.52. The molecule has 0 spiro atoms. The number of methoxy groups -OCH3 is 1. The van der Waals surface area contributed by atoms with Crippen molar-refractivity contribution >= 4 is 5.91 Å². The Labute approximate surface area is 112 Å². The molecule has 0 atom stereocenters. The minimum atomic E-state index is -0.497. The fourth-order valence-corrected chi connectivity index (χ4v) is 1.52. The minimum absolute atomic E-state index is 0.0823. The summed E-state index contributed by atoms with van der Waals surface area (Å²) in [5.74, 6) is -0.874. The minimum Gasteiger partial charge on any atom is -0.382 e. The normalized spacial score (nSPS) is 10.4. The molecule has 1 N–H and O–H groups in total. The Hall–Kier alpha value is -1.46. The molecule has 0 fully saturated rings. The molecule has 0 aromatic heterocycles. The van der Waals surface area contributed by atoms with Gasteiger partial charge in [-0.1, -0.05) is 12.1 Å². The van der Waals surface area contributed by atoms with Crippen molar-refractivity contribution in [3.8, 4) is 0 Å². The van der Waals surface area contributed by atoms with E-state index >= 15 is 0 Å². The predicted molar refractivity (Wildman–Crippen MR) is 70.7 cm³/mol. The van der Waals surface area contributed by atoms with E-state index in [1.54, 1.807) is 19.2 Å². The molecule has 0 unspecified atom stereocenters. The van der Waals surface area contributed by atoms with Crippen LogP contribution in [0.15, 0.2) is 24.3 Å². The standard InChI is InChI=1S/C14H20FNO3/c1-18-10-11-19-9-5-4-8-16-14(17)12-6-2-3-7-13(12)15/h2-3,6-7H,4-5,8-11H2,1H3,(H,16,17). The lowest BCUT2D eigenvalue weighted by Crippen LogP contribution is -2.25. The number of carbonyl (C=O) groups is 1. The smallest absolute Gasteiger partial charge is 0.254 e. The van der Waals surface area contributed by atoms with E-state index in [0.717, 1.165) is 12.8 Å². The van der Waals surface area contributed by atoms with Crippen LogP contribution >= 0.6 is 0 Å². The average Bonchev–Trinajstić information content (AvgIpc) is 2.42. The molecule has 0 saturated heterocycles. The maximum Gasteiger partial charge on any atom is 0.254 e. The number of carbonyl (C=O) groups excluding carboxylic acids is 1. The number of amides is 1. The number of hydrogen-bond donors (Lipinski definition) is 1. The molecule has 106 valence electrons. The highest BCUT2D eigenvalue weighted by molar-refractivity contribution is 5.94. The molecular weight excluding hydrogens is 249 g/mol. The van der Waals surface area contributed by atoms with Crippen molar-refractivity contribution in [2.45, 2.75) is 12.8 Å². The Morgan fingerprint density at radius 3 is 2.74 bits per heavy atom. The van der Waals surface area contributed by atoms with E-state index in [2.05, 4.69) is 5.32 Å². The van der Waals surface area contributed by atoms with Crippen LogP contribution in [-0.2, 0) is 9.47 Å². The highest BCUT2D eigenvalue weighted by atomic mass is 19.1. The second-order valence-corrected chi connectivity index (χ2v) is 4.05. The fraction of sp³-hybridized carbons (Fsp3) is 0.500. The molecule has 1 amide bonds. The lowest BCUT2D eigenvalue weighted by atomic mass is 10.2. The first-order valence-corrected chi connectivity index (χ1v) is 6.35. The monoisotopic (exact) mass is 269 g/mol. The molecule has 0 saturated carbocycles. The van der Waals surface area contributed by atoms with E-state index in [1.807, 2.05) is 0 Å². The largest absolute Gasteiger partial charge is 0.382 e. The third-order valence-corrected chi connectivity index (χ3v) is 2.55. The molecule has 0 aliphatic carbocycles. The highest BCUT2D eigenvalue weighted by Gasteiger charge is 2.09. The Morgan fingerprint density at radius 1 is 1.21 bits per heavy atom. The molecule has 1 aromatic carbocycles. The first kappa shape index (κ1) is 15.6. The Morgan fingerprint density at radius 2 is 2.00 bits per heavy atom. The average molecular weight is 269 g/mol. The van der Waals surface area contributed by atoms with Gasteiger partial charge in [0.2, 0.25) is 0 Å². The third-order valence-electron chi connectivity index (χ3n) is 2.55. The van der Waals surface area contributed by atoms with E-state index in [1.165, 1.54) is 12.1 Å². The quantitative estimate of drug-likeness (QED) is 0.697. The first-order valence-electron chi connectivity index (χ1n) is 6.35. The molecular formula is C14H20FNO3. The summed E-state index contributed by atoms with van der Waals surface area (Å²) in [5.41, 5.74) is 0.0823. The van der Waals surface area contributed by atoms with Crippen LogP contribution in [0.2, 0.25) is 0 Å². The van der Waals surface area contributed by atoms with E-state index in [9.17, 15) is 9.18 Å². The van der Waals surface area contributed by atoms with Crippen LogP contribution in [0.4, 0.5) is 4.39 Å². The van der Waals surface area contributed by atoms with Crippen LogP contribution in [-0.4, -0.2) is 39.4 Å². The Kier molecular flexibility index (Phi) is 7.77. The zero-order chi connectivity index (χ0) is 13.9. The van der Waals surface area contributed by atoms with Crippen LogP contribution in [0.5, 0.6) is 0 Å². The summed E-state index contributed by atoms with van der Waals surface area (Å²) in [5, 5.41) is 2.68. The second kappa shape index (κ2) is 9.47. The van der Waals surface area contributed by atoms with Crippen LogP contribution in [0.1, 0.15) is 23.2 Å². The van der Waals surface area contributed by atoms with Gasteiger partial charge in [0.15, 0.2) is 0 Å². The highest BCUT2D eigenvalue weighted by Crippen LogP contribution is 2.05. The molecule has 0 aliphatic rings. The molecule has 19 heavy (non-hydrogen) atoms. The molecule has 5 heteroatoms. The van der Waals surface area contributed by atoms with Gasteiger partial charge in [0.25, 0.3) is 5.91 Å². The number of hydrogen-bond acceptors (Lipinski definition) is 3. The van der Waals surface area contributed by atoms with Gasteiger partial charge in [-0.3, -0.25) is 4.79 Å². The Bertz CT molecular complexity index is 385. The van der Waals surface area contributed by atoms with Gasteiger partial charge < -0.3 is 14.8 Å². The number of rotatable bonds is 9.